The molecule has 6 heteroatoms. The summed E-state index contributed by atoms with van der Waals surface area (Å²) in [4.78, 5) is 1.90. The van der Waals surface area contributed by atoms with Gasteiger partial charge in [0, 0.05) is 6.54 Å². The van der Waals surface area contributed by atoms with Gasteiger partial charge in [-0.15, -0.1) is 0 Å². The van der Waals surface area contributed by atoms with E-state index in [4.69, 9.17) is 0 Å². The molecule has 96 valence electrons. The van der Waals surface area contributed by atoms with Crippen molar-refractivity contribution < 1.29 is 20.4 Å². The Morgan fingerprint density at radius 3 is 2.12 bits per heavy atom. The molecule has 0 bridgehead atoms. The van der Waals surface area contributed by atoms with Crippen molar-refractivity contribution >= 4 is 8.07 Å². The fourth-order valence-electron chi connectivity index (χ4n) is 2.17. The molecule has 0 aliphatic carbocycles. The Morgan fingerprint density at radius 1 is 1.12 bits per heavy atom. The highest BCUT2D eigenvalue weighted by Gasteiger charge is 2.41. The van der Waals surface area contributed by atoms with Crippen molar-refractivity contribution in [1.82, 2.24) is 4.90 Å². The van der Waals surface area contributed by atoms with Crippen molar-refractivity contribution in [3.05, 3.63) is 0 Å². The van der Waals surface area contributed by atoms with Gasteiger partial charge in [0.15, 0.2) is 0 Å². The van der Waals surface area contributed by atoms with Crippen molar-refractivity contribution in [1.29, 1.82) is 0 Å². The van der Waals surface area contributed by atoms with E-state index in [1.165, 1.54) is 0 Å². The van der Waals surface area contributed by atoms with Crippen LogP contribution in [0.25, 0.3) is 0 Å². The van der Waals surface area contributed by atoms with Crippen LogP contribution < -0.4 is 0 Å². The van der Waals surface area contributed by atoms with Gasteiger partial charge in [-0.1, -0.05) is 19.6 Å². The quantitative estimate of drug-likeness (QED) is 0.464. The lowest BCUT2D eigenvalue weighted by Crippen LogP contribution is -2.64. The number of rotatable bonds is 3. The summed E-state index contributed by atoms with van der Waals surface area (Å²) in [6.07, 6.45) is -2.38. The number of hydrogen-bond donors (Lipinski definition) is 4. The second-order valence-electron chi connectivity index (χ2n) is 5.79. The van der Waals surface area contributed by atoms with E-state index in [0.29, 0.717) is 6.54 Å². The summed E-state index contributed by atoms with van der Waals surface area (Å²) in [5.41, 5.74) is 0. The molecule has 1 saturated heterocycles. The second-order valence-corrected chi connectivity index (χ2v) is 11.2. The Labute approximate surface area is 97.3 Å². The molecule has 1 unspecified atom stereocenters. The van der Waals surface area contributed by atoms with Crippen molar-refractivity contribution in [2.45, 2.75) is 44.0 Å². The monoisotopic (exact) mass is 249 g/mol. The number of hydrogen-bond acceptors (Lipinski definition) is 5. The number of aliphatic hydroxyl groups is 4. The minimum Gasteiger partial charge on any atom is -0.395 e. The first-order chi connectivity index (χ1) is 7.26. The van der Waals surface area contributed by atoms with Gasteiger partial charge in [-0.25, -0.2) is 0 Å². The van der Waals surface area contributed by atoms with E-state index in [1.54, 1.807) is 0 Å². The maximum atomic E-state index is 9.78. The standard InChI is InChI=1S/C10H23NO4Si/c1-16(2,3)6-11-4-8(13)10(15)9(14)7(11)5-12/h7-10,12-15H,4-6H2,1-3H3/t7?,8-,9+,10+/m0/s1. The fraction of sp³-hybridized carbons (Fsp3) is 1.00. The van der Waals surface area contributed by atoms with Crippen LogP contribution in [0.4, 0.5) is 0 Å². The van der Waals surface area contributed by atoms with Crippen LogP contribution in [0.5, 0.6) is 0 Å². The van der Waals surface area contributed by atoms with Gasteiger partial charge in [-0.2, -0.15) is 0 Å². The first-order valence-corrected chi connectivity index (χ1v) is 9.36. The van der Waals surface area contributed by atoms with Crippen LogP contribution in [-0.4, -0.2) is 77.1 Å². The highest BCUT2D eigenvalue weighted by atomic mass is 28.3. The molecule has 0 amide bonds. The van der Waals surface area contributed by atoms with E-state index >= 15 is 0 Å². The average molecular weight is 249 g/mol. The molecule has 0 aromatic rings. The summed E-state index contributed by atoms with van der Waals surface area (Å²) >= 11 is 0. The molecule has 0 aromatic carbocycles. The minimum absolute atomic E-state index is 0.199. The van der Waals surface area contributed by atoms with E-state index < -0.39 is 32.4 Å². The highest BCUT2D eigenvalue weighted by Crippen LogP contribution is 2.20. The van der Waals surface area contributed by atoms with Gasteiger partial charge in [0.2, 0.25) is 0 Å². The third kappa shape index (κ3) is 3.25. The summed E-state index contributed by atoms with van der Waals surface area (Å²) in [6.45, 7) is 6.67. The smallest absolute Gasteiger partial charge is 0.109 e. The van der Waals surface area contributed by atoms with Gasteiger partial charge in [-0.3, -0.25) is 4.90 Å². The maximum Gasteiger partial charge on any atom is 0.109 e. The Bertz CT molecular complexity index is 233. The summed E-state index contributed by atoms with van der Waals surface area (Å²) in [5, 5.41) is 38.2. The number of nitrogens with zero attached hydrogens (tertiary/aromatic N) is 1. The molecule has 0 aromatic heterocycles. The molecule has 0 radical (unpaired) electrons. The third-order valence-corrected chi connectivity index (χ3v) is 4.25. The van der Waals surface area contributed by atoms with E-state index in [2.05, 4.69) is 19.6 Å². The number of β-amino-alcohol motifs (C(OH)–C–C–N with tert-alkyl or cyclic N) is 1. The lowest BCUT2D eigenvalue weighted by molar-refractivity contribution is -0.141. The first-order valence-electron chi connectivity index (χ1n) is 5.65. The van der Waals surface area contributed by atoms with Crippen molar-refractivity contribution in [2.24, 2.45) is 0 Å². The number of piperidine rings is 1. The molecule has 1 aliphatic heterocycles. The van der Waals surface area contributed by atoms with E-state index in [-0.39, 0.29) is 6.61 Å². The van der Waals surface area contributed by atoms with E-state index in [1.807, 2.05) is 4.90 Å². The maximum absolute atomic E-state index is 9.78. The van der Waals surface area contributed by atoms with Gasteiger partial charge in [0.1, 0.15) is 12.2 Å². The number of aliphatic hydroxyl groups excluding tert-OH is 4. The van der Waals surface area contributed by atoms with Gasteiger partial charge >= 0.3 is 0 Å². The zero-order valence-electron chi connectivity index (χ0n) is 10.2. The first kappa shape index (κ1) is 14.1. The third-order valence-electron chi connectivity index (χ3n) is 2.89. The van der Waals surface area contributed by atoms with Crippen LogP contribution in [-0.2, 0) is 0 Å². The van der Waals surface area contributed by atoms with Crippen LogP contribution in [0.15, 0.2) is 0 Å². The van der Waals surface area contributed by atoms with Crippen LogP contribution in [0.3, 0.4) is 0 Å². The molecule has 4 atom stereocenters. The zero-order valence-corrected chi connectivity index (χ0v) is 11.2. The average Bonchev–Trinajstić information content (AvgIpc) is 2.12. The fourth-order valence-corrected chi connectivity index (χ4v) is 3.75. The van der Waals surface area contributed by atoms with Gasteiger partial charge in [-0.05, 0) is 6.17 Å². The minimum atomic E-state index is -1.37. The summed E-state index contributed by atoms with van der Waals surface area (Å²) < 4.78 is 0. The Hall–Kier alpha value is 0.0169. The SMILES string of the molecule is C[Si](C)(C)CN1C[C@H](O)[C@@H](O)[C@H](O)C1CO. The molecule has 4 N–H and O–H groups in total. The summed E-state index contributed by atoms with van der Waals surface area (Å²) in [6, 6.07) is -0.467. The molecule has 5 nitrogen and oxygen atoms in total. The summed E-state index contributed by atoms with van der Waals surface area (Å²) in [5.74, 6) is 0. The van der Waals surface area contributed by atoms with Crippen molar-refractivity contribution in [3.8, 4) is 0 Å². The Morgan fingerprint density at radius 2 is 1.69 bits per heavy atom. The Balaban J connectivity index is 2.75. The molecule has 1 fully saturated rings. The van der Waals surface area contributed by atoms with Gasteiger partial charge < -0.3 is 20.4 Å². The molecular formula is C10H23NO4Si. The highest BCUT2D eigenvalue weighted by molar-refractivity contribution is 6.76. The number of likely N-dealkylation sites (tertiary alicyclic amines) is 1. The lowest BCUT2D eigenvalue weighted by atomic mass is 9.95. The molecule has 1 rings (SSSR count). The van der Waals surface area contributed by atoms with Crippen LogP contribution in [0.1, 0.15) is 0 Å². The van der Waals surface area contributed by atoms with Crippen LogP contribution >= 0.6 is 0 Å². The molecule has 0 saturated carbocycles. The van der Waals surface area contributed by atoms with Crippen LogP contribution in [0.2, 0.25) is 19.6 Å². The zero-order chi connectivity index (χ0) is 12.5. The van der Waals surface area contributed by atoms with E-state index in [0.717, 1.165) is 6.17 Å². The summed E-state index contributed by atoms with van der Waals surface area (Å²) in [7, 11) is -1.37. The topological polar surface area (TPSA) is 84.2 Å². The molecule has 1 heterocycles. The predicted octanol–water partition coefficient (Wildman–Crippen LogP) is -1.38. The van der Waals surface area contributed by atoms with Gasteiger partial charge in [0.05, 0.1) is 26.8 Å². The van der Waals surface area contributed by atoms with Crippen molar-refractivity contribution in [3.63, 3.8) is 0 Å². The largest absolute Gasteiger partial charge is 0.395 e. The predicted molar refractivity (Wildman–Crippen MR) is 63.8 cm³/mol. The van der Waals surface area contributed by atoms with E-state index in [9.17, 15) is 20.4 Å². The molecular weight excluding hydrogens is 226 g/mol. The normalized spacial score (nSPS) is 37.7. The molecule has 1 aliphatic rings. The second kappa shape index (κ2) is 5.12. The molecule has 16 heavy (non-hydrogen) atoms. The van der Waals surface area contributed by atoms with Crippen molar-refractivity contribution in [2.75, 3.05) is 19.3 Å². The lowest BCUT2D eigenvalue weighted by Gasteiger charge is -2.45. The van der Waals surface area contributed by atoms with Gasteiger partial charge in [0.25, 0.3) is 0 Å². The molecule has 0 spiro atoms. The Kier molecular flexibility index (Phi) is 4.50. The van der Waals surface area contributed by atoms with Crippen LogP contribution in [0, 0.1) is 0 Å².